The third kappa shape index (κ3) is 4.83. The number of rotatable bonds is 6. The lowest BCUT2D eigenvalue weighted by molar-refractivity contribution is 0.0527. The molecule has 0 aliphatic heterocycles. The molecule has 1 amide bonds. The molecular weight excluding hydrogens is 380 g/mol. The van der Waals surface area contributed by atoms with Crippen LogP contribution < -0.4 is 10.6 Å². The Balaban J connectivity index is 1.77. The van der Waals surface area contributed by atoms with E-state index in [0.717, 1.165) is 5.69 Å². The number of anilines is 3. The first-order valence-corrected chi connectivity index (χ1v) is 8.87. The van der Waals surface area contributed by atoms with E-state index >= 15 is 0 Å². The van der Waals surface area contributed by atoms with Crippen LogP contribution in [0.15, 0.2) is 60.8 Å². The van der Waals surface area contributed by atoms with Gasteiger partial charge in [-0.1, -0.05) is 23.7 Å². The van der Waals surface area contributed by atoms with E-state index in [-0.39, 0.29) is 23.8 Å². The number of amides is 1. The molecule has 0 saturated carbocycles. The van der Waals surface area contributed by atoms with Gasteiger partial charge in [0.25, 0.3) is 5.91 Å². The number of halogens is 1. The minimum Gasteiger partial charge on any atom is -0.462 e. The van der Waals surface area contributed by atoms with Crippen molar-refractivity contribution in [3.8, 4) is 0 Å². The van der Waals surface area contributed by atoms with E-state index in [1.807, 2.05) is 0 Å². The van der Waals surface area contributed by atoms with E-state index in [4.69, 9.17) is 16.3 Å². The molecule has 0 aliphatic carbocycles. The molecule has 8 heteroatoms. The fraction of sp³-hybridized carbons (Fsp3) is 0.100. The Hall–Kier alpha value is -3.45. The third-order valence-electron chi connectivity index (χ3n) is 3.66. The SMILES string of the molecule is CCOC(=O)c1ccccc1NC(=O)c1ccnc(Nc2ccc(Cl)cc2)n1. The molecular formula is C20H17ClN4O3. The van der Waals surface area contributed by atoms with Gasteiger partial charge in [0.2, 0.25) is 5.95 Å². The first kappa shape index (κ1) is 19.3. The Labute approximate surface area is 166 Å². The van der Waals surface area contributed by atoms with Gasteiger partial charge in [-0.15, -0.1) is 0 Å². The molecule has 0 bridgehead atoms. The number of ether oxygens (including phenoxy) is 1. The van der Waals surface area contributed by atoms with Gasteiger partial charge in [0.05, 0.1) is 17.9 Å². The molecule has 3 aromatic rings. The molecule has 0 aliphatic rings. The normalized spacial score (nSPS) is 10.2. The second kappa shape index (κ2) is 8.96. The van der Waals surface area contributed by atoms with Crippen LogP contribution in [0.25, 0.3) is 0 Å². The molecule has 2 aromatic carbocycles. The summed E-state index contributed by atoms with van der Waals surface area (Å²) in [5.74, 6) is -0.724. The maximum atomic E-state index is 12.6. The number of benzene rings is 2. The molecule has 2 N–H and O–H groups in total. The molecule has 0 atom stereocenters. The summed E-state index contributed by atoms with van der Waals surface area (Å²) in [5.41, 5.74) is 1.49. The van der Waals surface area contributed by atoms with Crippen molar-refractivity contribution >= 4 is 40.8 Å². The molecule has 28 heavy (non-hydrogen) atoms. The Morgan fingerprint density at radius 3 is 2.57 bits per heavy atom. The summed E-state index contributed by atoms with van der Waals surface area (Å²) in [4.78, 5) is 33.0. The zero-order valence-corrected chi connectivity index (χ0v) is 15.7. The highest BCUT2D eigenvalue weighted by molar-refractivity contribution is 6.30. The predicted molar refractivity (Wildman–Crippen MR) is 107 cm³/mol. The van der Waals surface area contributed by atoms with Crippen molar-refractivity contribution in [3.63, 3.8) is 0 Å². The molecule has 1 heterocycles. The van der Waals surface area contributed by atoms with E-state index < -0.39 is 11.9 Å². The van der Waals surface area contributed by atoms with E-state index in [1.165, 1.54) is 12.3 Å². The fourth-order valence-corrected chi connectivity index (χ4v) is 2.50. The smallest absolute Gasteiger partial charge is 0.340 e. The maximum absolute atomic E-state index is 12.6. The number of hydrogen-bond donors (Lipinski definition) is 2. The molecule has 0 unspecified atom stereocenters. The summed E-state index contributed by atoms with van der Waals surface area (Å²) >= 11 is 5.87. The summed E-state index contributed by atoms with van der Waals surface area (Å²) in [6.07, 6.45) is 1.47. The highest BCUT2D eigenvalue weighted by Gasteiger charge is 2.16. The Morgan fingerprint density at radius 2 is 1.82 bits per heavy atom. The molecule has 0 radical (unpaired) electrons. The highest BCUT2D eigenvalue weighted by Crippen LogP contribution is 2.19. The van der Waals surface area contributed by atoms with Crippen LogP contribution in [-0.4, -0.2) is 28.5 Å². The quantitative estimate of drug-likeness (QED) is 0.603. The predicted octanol–water partition coefficient (Wildman–Crippen LogP) is 4.30. The van der Waals surface area contributed by atoms with Crippen LogP contribution >= 0.6 is 11.6 Å². The van der Waals surface area contributed by atoms with E-state index in [1.54, 1.807) is 55.5 Å². The van der Waals surface area contributed by atoms with E-state index in [0.29, 0.717) is 10.7 Å². The Kier molecular flexibility index (Phi) is 6.18. The van der Waals surface area contributed by atoms with Crippen molar-refractivity contribution in [3.05, 3.63) is 77.1 Å². The molecule has 0 saturated heterocycles. The lowest BCUT2D eigenvalue weighted by Crippen LogP contribution is -2.17. The molecule has 0 fully saturated rings. The summed E-state index contributed by atoms with van der Waals surface area (Å²) in [6.45, 7) is 1.96. The largest absolute Gasteiger partial charge is 0.462 e. The van der Waals surface area contributed by atoms with Gasteiger partial charge in [-0.05, 0) is 49.4 Å². The van der Waals surface area contributed by atoms with Crippen LogP contribution in [0.1, 0.15) is 27.8 Å². The van der Waals surface area contributed by atoms with Crippen LogP contribution in [0.3, 0.4) is 0 Å². The zero-order valence-electron chi connectivity index (χ0n) is 15.0. The average Bonchev–Trinajstić information content (AvgIpc) is 2.70. The summed E-state index contributed by atoms with van der Waals surface area (Å²) in [5, 5.41) is 6.30. The van der Waals surface area contributed by atoms with Crippen molar-refractivity contribution < 1.29 is 14.3 Å². The maximum Gasteiger partial charge on any atom is 0.340 e. The number of carbonyl (C=O) groups excluding carboxylic acids is 2. The lowest BCUT2D eigenvalue weighted by Gasteiger charge is -2.10. The van der Waals surface area contributed by atoms with Crippen molar-refractivity contribution in [2.45, 2.75) is 6.92 Å². The first-order chi connectivity index (χ1) is 13.6. The van der Waals surface area contributed by atoms with Gasteiger partial charge in [0.1, 0.15) is 5.69 Å². The lowest BCUT2D eigenvalue weighted by atomic mass is 10.1. The van der Waals surface area contributed by atoms with Crippen molar-refractivity contribution in [1.82, 2.24) is 9.97 Å². The van der Waals surface area contributed by atoms with Crippen molar-refractivity contribution in [1.29, 1.82) is 0 Å². The van der Waals surface area contributed by atoms with E-state index in [2.05, 4.69) is 20.6 Å². The summed E-state index contributed by atoms with van der Waals surface area (Å²) < 4.78 is 5.01. The van der Waals surface area contributed by atoms with Crippen molar-refractivity contribution in [2.75, 3.05) is 17.2 Å². The standard InChI is InChI=1S/C20H17ClN4O3/c1-2-28-19(27)15-5-3-4-6-16(15)24-18(26)17-11-12-22-20(25-17)23-14-9-7-13(21)8-10-14/h3-12H,2H2,1H3,(H,24,26)(H,22,23,25). The second-order valence-electron chi connectivity index (χ2n) is 5.62. The molecule has 1 aromatic heterocycles. The van der Waals surface area contributed by atoms with Gasteiger partial charge in [0, 0.05) is 16.9 Å². The fourth-order valence-electron chi connectivity index (χ4n) is 2.37. The minimum absolute atomic E-state index is 0.144. The van der Waals surface area contributed by atoms with Gasteiger partial charge in [-0.2, -0.15) is 0 Å². The molecule has 3 rings (SSSR count). The van der Waals surface area contributed by atoms with Gasteiger partial charge in [-0.3, -0.25) is 4.79 Å². The van der Waals surface area contributed by atoms with Crippen LogP contribution in [0, 0.1) is 0 Å². The average molecular weight is 397 g/mol. The highest BCUT2D eigenvalue weighted by atomic mass is 35.5. The number of nitrogens with one attached hydrogen (secondary N) is 2. The second-order valence-corrected chi connectivity index (χ2v) is 6.05. The van der Waals surface area contributed by atoms with Gasteiger partial charge in [-0.25, -0.2) is 14.8 Å². The minimum atomic E-state index is -0.508. The van der Waals surface area contributed by atoms with Crippen LogP contribution in [-0.2, 0) is 4.74 Å². The monoisotopic (exact) mass is 396 g/mol. The van der Waals surface area contributed by atoms with Crippen LogP contribution in [0.5, 0.6) is 0 Å². The number of esters is 1. The summed E-state index contributed by atoms with van der Waals surface area (Å²) in [7, 11) is 0. The van der Waals surface area contributed by atoms with Gasteiger partial charge < -0.3 is 15.4 Å². The van der Waals surface area contributed by atoms with E-state index in [9.17, 15) is 9.59 Å². The number of hydrogen-bond acceptors (Lipinski definition) is 6. The number of para-hydroxylation sites is 1. The van der Waals surface area contributed by atoms with Crippen LogP contribution in [0.2, 0.25) is 5.02 Å². The number of nitrogens with zero attached hydrogens (tertiary/aromatic N) is 2. The zero-order chi connectivity index (χ0) is 19.9. The topological polar surface area (TPSA) is 93.2 Å². The van der Waals surface area contributed by atoms with Gasteiger partial charge in [0.15, 0.2) is 0 Å². The summed E-state index contributed by atoms with van der Waals surface area (Å²) in [6, 6.07) is 15.1. The third-order valence-corrected chi connectivity index (χ3v) is 3.91. The number of aromatic nitrogens is 2. The van der Waals surface area contributed by atoms with Crippen molar-refractivity contribution in [2.24, 2.45) is 0 Å². The molecule has 142 valence electrons. The number of carbonyl (C=O) groups is 2. The Bertz CT molecular complexity index is 993. The van der Waals surface area contributed by atoms with Gasteiger partial charge >= 0.3 is 5.97 Å². The van der Waals surface area contributed by atoms with Crippen LogP contribution in [0.4, 0.5) is 17.3 Å². The Morgan fingerprint density at radius 1 is 1.07 bits per heavy atom. The molecule has 0 spiro atoms. The molecule has 7 nitrogen and oxygen atoms in total. The first-order valence-electron chi connectivity index (χ1n) is 8.50.